The van der Waals surface area contributed by atoms with Crippen molar-refractivity contribution in [2.75, 3.05) is 13.2 Å². The summed E-state index contributed by atoms with van der Waals surface area (Å²) in [4.78, 5) is 0. The lowest BCUT2D eigenvalue weighted by atomic mass is 10.2. The van der Waals surface area contributed by atoms with Gasteiger partial charge in [0.25, 0.3) is 0 Å². The highest BCUT2D eigenvalue weighted by molar-refractivity contribution is 4.43. The Hall–Kier alpha value is -0.0800. The summed E-state index contributed by atoms with van der Waals surface area (Å²) in [5, 5.41) is 8.74. The third-order valence-electron chi connectivity index (χ3n) is 0.810. The lowest BCUT2D eigenvalue weighted by Crippen LogP contribution is -2.13. The predicted molar refractivity (Wildman–Crippen MR) is 44.1 cm³/mol. The van der Waals surface area contributed by atoms with Crippen molar-refractivity contribution in [1.82, 2.24) is 0 Å². The van der Waals surface area contributed by atoms with Gasteiger partial charge in [0.1, 0.15) is 0 Å². The molecular weight excluding hydrogens is 128 g/mol. The Morgan fingerprint density at radius 1 is 1.20 bits per heavy atom. The number of ether oxygens (including phenoxy) is 1. The van der Waals surface area contributed by atoms with Crippen LogP contribution in [0, 0.1) is 5.92 Å². The van der Waals surface area contributed by atoms with Crippen molar-refractivity contribution < 1.29 is 9.84 Å². The molecule has 1 atom stereocenters. The van der Waals surface area contributed by atoms with E-state index in [9.17, 15) is 0 Å². The summed E-state index contributed by atoms with van der Waals surface area (Å²) in [6.07, 6.45) is -0.330. The van der Waals surface area contributed by atoms with Gasteiger partial charge in [-0.2, -0.15) is 0 Å². The van der Waals surface area contributed by atoms with Crippen LogP contribution in [-0.2, 0) is 4.74 Å². The van der Waals surface area contributed by atoms with Gasteiger partial charge in [0.05, 0.1) is 12.7 Å². The topological polar surface area (TPSA) is 29.5 Å². The maximum Gasteiger partial charge on any atom is 0.0745 e. The highest BCUT2D eigenvalue weighted by Gasteiger charge is 1.96. The first kappa shape index (κ1) is 12.6. The SMILES string of the molecule is C.CC(C)COCC(C)O. The highest BCUT2D eigenvalue weighted by Crippen LogP contribution is 1.92. The van der Waals surface area contributed by atoms with Gasteiger partial charge in [-0.1, -0.05) is 21.3 Å². The van der Waals surface area contributed by atoms with E-state index in [0.29, 0.717) is 12.5 Å². The first-order valence-corrected chi connectivity index (χ1v) is 3.38. The van der Waals surface area contributed by atoms with Gasteiger partial charge in [0.2, 0.25) is 0 Å². The number of hydrogen-bond donors (Lipinski definition) is 1. The van der Waals surface area contributed by atoms with Gasteiger partial charge in [0, 0.05) is 6.61 Å². The van der Waals surface area contributed by atoms with Crippen LogP contribution in [0.2, 0.25) is 0 Å². The highest BCUT2D eigenvalue weighted by atomic mass is 16.5. The van der Waals surface area contributed by atoms with Crippen molar-refractivity contribution in [2.45, 2.75) is 34.3 Å². The number of rotatable bonds is 4. The third-order valence-corrected chi connectivity index (χ3v) is 0.810. The van der Waals surface area contributed by atoms with Crippen molar-refractivity contribution in [3.8, 4) is 0 Å². The summed E-state index contributed by atoms with van der Waals surface area (Å²) >= 11 is 0. The summed E-state index contributed by atoms with van der Waals surface area (Å²) in [6.45, 7) is 7.09. The van der Waals surface area contributed by atoms with Gasteiger partial charge < -0.3 is 9.84 Å². The molecule has 1 N–H and O–H groups in total. The quantitative estimate of drug-likeness (QED) is 0.657. The molecule has 0 amide bonds. The van der Waals surface area contributed by atoms with Crippen LogP contribution in [0.1, 0.15) is 28.2 Å². The van der Waals surface area contributed by atoms with Crippen LogP contribution in [0.3, 0.4) is 0 Å². The molecule has 64 valence electrons. The molecule has 0 aliphatic rings. The lowest BCUT2D eigenvalue weighted by Gasteiger charge is -2.07. The van der Waals surface area contributed by atoms with E-state index in [0.717, 1.165) is 6.61 Å². The average molecular weight is 148 g/mol. The first-order valence-electron chi connectivity index (χ1n) is 3.38. The van der Waals surface area contributed by atoms with Crippen LogP contribution in [-0.4, -0.2) is 24.4 Å². The van der Waals surface area contributed by atoms with Gasteiger partial charge in [-0.3, -0.25) is 0 Å². The molecular formula is C8H20O2. The monoisotopic (exact) mass is 148 g/mol. The molecule has 0 aliphatic carbocycles. The standard InChI is InChI=1S/C7H16O2.CH4/c1-6(2)4-9-5-7(3)8;/h6-8H,4-5H2,1-3H3;1H4. The molecule has 2 nitrogen and oxygen atoms in total. The number of aliphatic hydroxyl groups is 1. The van der Waals surface area contributed by atoms with Gasteiger partial charge in [0.15, 0.2) is 0 Å². The van der Waals surface area contributed by atoms with Crippen molar-refractivity contribution in [1.29, 1.82) is 0 Å². The molecule has 0 saturated carbocycles. The molecule has 0 aromatic rings. The first-order chi connectivity index (χ1) is 4.13. The van der Waals surface area contributed by atoms with Crippen LogP contribution < -0.4 is 0 Å². The summed E-state index contributed by atoms with van der Waals surface area (Å²) < 4.78 is 5.11. The molecule has 1 unspecified atom stereocenters. The van der Waals surface area contributed by atoms with Crippen LogP contribution in [0.15, 0.2) is 0 Å². The van der Waals surface area contributed by atoms with Gasteiger partial charge in [-0.05, 0) is 12.8 Å². The number of hydrogen-bond acceptors (Lipinski definition) is 2. The average Bonchev–Trinajstić information content (AvgIpc) is 1.63. The maximum atomic E-state index is 8.74. The fourth-order valence-corrected chi connectivity index (χ4v) is 0.474. The molecule has 0 saturated heterocycles. The molecule has 0 rings (SSSR count). The fourth-order valence-electron chi connectivity index (χ4n) is 0.474. The Kier molecular flexibility index (Phi) is 8.85. The normalized spacial score (nSPS) is 12.9. The van der Waals surface area contributed by atoms with Gasteiger partial charge in [-0.15, -0.1) is 0 Å². The van der Waals surface area contributed by atoms with E-state index in [1.807, 2.05) is 0 Å². The number of aliphatic hydroxyl groups excluding tert-OH is 1. The van der Waals surface area contributed by atoms with Crippen molar-refractivity contribution in [3.05, 3.63) is 0 Å². The summed E-state index contributed by atoms with van der Waals surface area (Å²) in [5.41, 5.74) is 0. The van der Waals surface area contributed by atoms with Crippen molar-refractivity contribution in [3.63, 3.8) is 0 Å². The smallest absolute Gasteiger partial charge is 0.0745 e. The molecule has 2 heteroatoms. The second kappa shape index (κ2) is 7.03. The molecule has 0 radical (unpaired) electrons. The molecule has 0 heterocycles. The zero-order valence-electron chi connectivity index (χ0n) is 6.42. The molecule has 0 aliphatic heterocycles. The van der Waals surface area contributed by atoms with E-state index in [1.165, 1.54) is 0 Å². The summed E-state index contributed by atoms with van der Waals surface area (Å²) in [6, 6.07) is 0. The minimum Gasteiger partial charge on any atom is -0.391 e. The Balaban J connectivity index is 0. The van der Waals surface area contributed by atoms with Crippen molar-refractivity contribution in [2.24, 2.45) is 5.92 Å². The second-order valence-corrected chi connectivity index (χ2v) is 2.78. The Morgan fingerprint density at radius 2 is 1.70 bits per heavy atom. The Morgan fingerprint density at radius 3 is 2.00 bits per heavy atom. The molecule has 0 bridgehead atoms. The van der Waals surface area contributed by atoms with E-state index in [-0.39, 0.29) is 13.5 Å². The Labute approximate surface area is 64.2 Å². The van der Waals surface area contributed by atoms with E-state index in [2.05, 4.69) is 13.8 Å². The maximum absolute atomic E-state index is 8.74. The van der Waals surface area contributed by atoms with Gasteiger partial charge in [-0.25, -0.2) is 0 Å². The summed E-state index contributed by atoms with van der Waals surface area (Å²) in [5.74, 6) is 0.559. The van der Waals surface area contributed by atoms with E-state index >= 15 is 0 Å². The summed E-state index contributed by atoms with van der Waals surface area (Å²) in [7, 11) is 0. The minimum absolute atomic E-state index is 0. The lowest BCUT2D eigenvalue weighted by molar-refractivity contribution is 0.0344. The van der Waals surface area contributed by atoms with Gasteiger partial charge >= 0.3 is 0 Å². The second-order valence-electron chi connectivity index (χ2n) is 2.78. The van der Waals surface area contributed by atoms with Crippen LogP contribution in [0.4, 0.5) is 0 Å². The predicted octanol–water partition coefficient (Wildman–Crippen LogP) is 1.68. The molecule has 0 aromatic heterocycles. The fraction of sp³-hybridized carbons (Fsp3) is 1.00. The zero-order valence-corrected chi connectivity index (χ0v) is 6.42. The van der Waals surface area contributed by atoms with Crippen LogP contribution in [0.25, 0.3) is 0 Å². The molecule has 0 aromatic carbocycles. The molecule has 0 fully saturated rings. The van der Waals surface area contributed by atoms with Crippen LogP contribution >= 0.6 is 0 Å². The molecule has 0 spiro atoms. The Bertz CT molecular complexity index is 52.3. The molecule has 10 heavy (non-hydrogen) atoms. The van der Waals surface area contributed by atoms with E-state index in [1.54, 1.807) is 6.92 Å². The minimum atomic E-state index is -0.330. The zero-order chi connectivity index (χ0) is 7.28. The van der Waals surface area contributed by atoms with Crippen molar-refractivity contribution >= 4 is 0 Å². The largest absolute Gasteiger partial charge is 0.391 e. The van der Waals surface area contributed by atoms with Crippen LogP contribution in [0.5, 0.6) is 0 Å². The van der Waals surface area contributed by atoms with E-state index in [4.69, 9.17) is 9.84 Å². The third kappa shape index (κ3) is 10.8. The van der Waals surface area contributed by atoms with E-state index < -0.39 is 0 Å².